The summed E-state index contributed by atoms with van der Waals surface area (Å²) in [6, 6.07) is 9.91. The smallest absolute Gasteiger partial charge is 0.326 e. The van der Waals surface area contributed by atoms with Gasteiger partial charge in [0.1, 0.15) is 11.7 Å². The lowest BCUT2D eigenvalue weighted by Gasteiger charge is -2.30. The standard InChI is InChI=1S/C22H28N4O4/c1-15-10-12-26(13-11-15)20(27)9-8-17(22(29)30)23-21(28)19-14-18(24-25(19)2)16-6-4-3-5-7-16/h3-7,14-15,17H,8-13H2,1-2H3,(H,23,28)(H,29,30)/t17-/m1/s1. The van der Waals surface area contributed by atoms with E-state index >= 15 is 0 Å². The highest BCUT2D eigenvalue weighted by Gasteiger charge is 2.26. The van der Waals surface area contributed by atoms with Crippen molar-refractivity contribution in [2.45, 2.75) is 38.6 Å². The lowest BCUT2D eigenvalue weighted by atomic mass is 9.98. The number of carbonyl (C=O) groups excluding carboxylic acids is 2. The van der Waals surface area contributed by atoms with Crippen molar-refractivity contribution < 1.29 is 19.5 Å². The van der Waals surface area contributed by atoms with Gasteiger partial charge in [-0.25, -0.2) is 4.79 Å². The van der Waals surface area contributed by atoms with Crippen molar-refractivity contribution in [1.82, 2.24) is 20.0 Å². The predicted octanol–water partition coefficient (Wildman–Crippen LogP) is 2.31. The first-order valence-corrected chi connectivity index (χ1v) is 10.3. The highest BCUT2D eigenvalue weighted by Crippen LogP contribution is 2.19. The molecule has 1 aromatic carbocycles. The number of rotatable bonds is 7. The van der Waals surface area contributed by atoms with Crippen molar-refractivity contribution in [2.24, 2.45) is 13.0 Å². The summed E-state index contributed by atoms with van der Waals surface area (Å²) in [5.74, 6) is -1.14. The molecule has 30 heavy (non-hydrogen) atoms. The number of likely N-dealkylation sites (tertiary alicyclic amines) is 1. The molecule has 8 nitrogen and oxygen atoms in total. The number of carboxylic acids is 1. The largest absolute Gasteiger partial charge is 0.480 e. The van der Waals surface area contributed by atoms with Crippen molar-refractivity contribution in [3.63, 3.8) is 0 Å². The van der Waals surface area contributed by atoms with E-state index < -0.39 is 17.9 Å². The predicted molar refractivity (Wildman–Crippen MR) is 112 cm³/mol. The van der Waals surface area contributed by atoms with Crippen molar-refractivity contribution in [1.29, 1.82) is 0 Å². The zero-order valence-electron chi connectivity index (χ0n) is 17.4. The molecule has 2 amide bonds. The fourth-order valence-electron chi connectivity index (χ4n) is 3.60. The molecule has 0 saturated carbocycles. The van der Waals surface area contributed by atoms with Gasteiger partial charge in [-0.15, -0.1) is 0 Å². The van der Waals surface area contributed by atoms with E-state index in [0.29, 0.717) is 24.7 Å². The lowest BCUT2D eigenvalue weighted by molar-refractivity contribution is -0.139. The molecule has 160 valence electrons. The molecule has 1 aliphatic rings. The number of amides is 2. The van der Waals surface area contributed by atoms with Gasteiger partial charge in [0.05, 0.1) is 5.69 Å². The Hall–Kier alpha value is -3.16. The average Bonchev–Trinajstić information content (AvgIpc) is 3.13. The highest BCUT2D eigenvalue weighted by molar-refractivity contribution is 5.96. The van der Waals surface area contributed by atoms with E-state index in [4.69, 9.17) is 0 Å². The summed E-state index contributed by atoms with van der Waals surface area (Å²) in [5.41, 5.74) is 1.75. The Morgan fingerprint density at radius 3 is 2.50 bits per heavy atom. The van der Waals surface area contributed by atoms with Gasteiger partial charge in [0, 0.05) is 32.1 Å². The van der Waals surface area contributed by atoms with Crippen LogP contribution in [0.3, 0.4) is 0 Å². The summed E-state index contributed by atoms with van der Waals surface area (Å²) in [6.45, 7) is 3.59. The fourth-order valence-corrected chi connectivity index (χ4v) is 3.60. The maximum atomic E-state index is 12.7. The van der Waals surface area contributed by atoms with Gasteiger partial charge in [0.25, 0.3) is 5.91 Å². The average molecular weight is 412 g/mol. The number of carboxylic acid groups (broad SMARTS) is 1. The molecule has 1 fully saturated rings. The molecular formula is C22H28N4O4. The van der Waals surface area contributed by atoms with Gasteiger partial charge in [-0.05, 0) is 31.2 Å². The number of aliphatic carboxylic acids is 1. The molecule has 0 radical (unpaired) electrons. The topological polar surface area (TPSA) is 105 Å². The maximum Gasteiger partial charge on any atom is 0.326 e. The first-order valence-electron chi connectivity index (χ1n) is 10.3. The third-order valence-corrected chi connectivity index (χ3v) is 5.57. The lowest BCUT2D eigenvalue weighted by Crippen LogP contribution is -2.43. The van der Waals surface area contributed by atoms with Crippen LogP contribution in [0.1, 0.15) is 43.1 Å². The molecule has 1 saturated heterocycles. The van der Waals surface area contributed by atoms with Gasteiger partial charge >= 0.3 is 5.97 Å². The quantitative estimate of drug-likeness (QED) is 0.726. The molecule has 2 heterocycles. The molecule has 0 bridgehead atoms. The van der Waals surface area contributed by atoms with E-state index in [1.807, 2.05) is 30.3 Å². The van der Waals surface area contributed by atoms with E-state index in [1.54, 1.807) is 18.0 Å². The van der Waals surface area contributed by atoms with Crippen LogP contribution in [-0.4, -0.2) is 56.7 Å². The van der Waals surface area contributed by atoms with Crippen molar-refractivity contribution >= 4 is 17.8 Å². The van der Waals surface area contributed by atoms with Gasteiger partial charge < -0.3 is 15.3 Å². The van der Waals surface area contributed by atoms with Crippen LogP contribution >= 0.6 is 0 Å². The monoisotopic (exact) mass is 412 g/mol. The van der Waals surface area contributed by atoms with E-state index in [9.17, 15) is 19.5 Å². The second-order valence-corrected chi connectivity index (χ2v) is 7.87. The van der Waals surface area contributed by atoms with Crippen molar-refractivity contribution in [3.05, 3.63) is 42.1 Å². The number of carbonyl (C=O) groups is 3. The fraction of sp³-hybridized carbons (Fsp3) is 0.455. The number of piperidine rings is 1. The summed E-state index contributed by atoms with van der Waals surface area (Å²) < 4.78 is 1.43. The zero-order valence-corrected chi connectivity index (χ0v) is 17.4. The SMILES string of the molecule is CC1CCN(C(=O)CC[C@@H](NC(=O)c2cc(-c3ccccc3)nn2C)C(=O)O)CC1. The van der Waals surface area contributed by atoms with Crippen molar-refractivity contribution in [3.8, 4) is 11.3 Å². The van der Waals surface area contributed by atoms with Crippen LogP contribution < -0.4 is 5.32 Å². The molecular weight excluding hydrogens is 384 g/mol. The summed E-state index contributed by atoms with van der Waals surface area (Å²) >= 11 is 0. The van der Waals surface area contributed by atoms with Gasteiger partial charge in [0.15, 0.2) is 0 Å². The molecule has 2 aromatic rings. The van der Waals surface area contributed by atoms with Crippen LogP contribution in [0.5, 0.6) is 0 Å². The normalized spacial score (nSPS) is 15.6. The number of aryl methyl sites for hydroxylation is 1. The second-order valence-electron chi connectivity index (χ2n) is 7.87. The molecule has 0 unspecified atom stereocenters. The van der Waals surface area contributed by atoms with Crippen LogP contribution in [-0.2, 0) is 16.6 Å². The molecule has 8 heteroatoms. The Morgan fingerprint density at radius 2 is 1.87 bits per heavy atom. The summed E-state index contributed by atoms with van der Waals surface area (Å²) in [5, 5.41) is 16.4. The summed E-state index contributed by atoms with van der Waals surface area (Å²) in [7, 11) is 1.64. The molecule has 0 aliphatic carbocycles. The number of nitrogens with zero attached hydrogens (tertiary/aromatic N) is 3. The number of benzene rings is 1. The van der Waals surface area contributed by atoms with E-state index in [1.165, 1.54) is 4.68 Å². The van der Waals surface area contributed by atoms with Gasteiger partial charge in [-0.3, -0.25) is 14.3 Å². The molecule has 0 spiro atoms. The number of aromatic nitrogens is 2. The van der Waals surface area contributed by atoms with Crippen LogP contribution in [0.2, 0.25) is 0 Å². The minimum atomic E-state index is -1.16. The summed E-state index contributed by atoms with van der Waals surface area (Å²) in [6.07, 6.45) is 2.08. The minimum absolute atomic E-state index is 0.0509. The van der Waals surface area contributed by atoms with Gasteiger partial charge in [0.2, 0.25) is 5.91 Å². The molecule has 2 N–H and O–H groups in total. The van der Waals surface area contributed by atoms with Crippen LogP contribution in [0.25, 0.3) is 11.3 Å². The second kappa shape index (κ2) is 9.56. The zero-order chi connectivity index (χ0) is 21.7. The Morgan fingerprint density at radius 1 is 1.20 bits per heavy atom. The number of hydrogen-bond acceptors (Lipinski definition) is 4. The molecule has 1 atom stereocenters. The first-order chi connectivity index (χ1) is 14.3. The number of nitrogens with one attached hydrogen (secondary N) is 1. The van der Waals surface area contributed by atoms with Crippen molar-refractivity contribution in [2.75, 3.05) is 13.1 Å². The Kier molecular flexibility index (Phi) is 6.87. The maximum absolute atomic E-state index is 12.7. The Bertz CT molecular complexity index is 901. The van der Waals surface area contributed by atoms with E-state index in [-0.39, 0.29) is 24.4 Å². The van der Waals surface area contributed by atoms with E-state index in [2.05, 4.69) is 17.3 Å². The van der Waals surface area contributed by atoms with Crippen LogP contribution in [0, 0.1) is 5.92 Å². The van der Waals surface area contributed by atoms with E-state index in [0.717, 1.165) is 18.4 Å². The summed E-state index contributed by atoms with van der Waals surface area (Å²) in [4.78, 5) is 38.5. The number of hydrogen-bond donors (Lipinski definition) is 2. The van der Waals surface area contributed by atoms with Gasteiger partial charge in [-0.2, -0.15) is 5.10 Å². The minimum Gasteiger partial charge on any atom is -0.480 e. The third kappa shape index (κ3) is 5.25. The highest BCUT2D eigenvalue weighted by atomic mass is 16.4. The molecule has 1 aromatic heterocycles. The molecule has 1 aliphatic heterocycles. The third-order valence-electron chi connectivity index (χ3n) is 5.57. The Labute approximate surface area is 175 Å². The van der Waals surface area contributed by atoms with Crippen LogP contribution in [0.4, 0.5) is 0 Å². The first kappa shape index (κ1) is 21.5. The van der Waals surface area contributed by atoms with Crippen LogP contribution in [0.15, 0.2) is 36.4 Å². The molecule has 3 rings (SSSR count). The van der Waals surface area contributed by atoms with Gasteiger partial charge in [-0.1, -0.05) is 37.3 Å². The Balaban J connectivity index is 1.61.